The van der Waals surface area contributed by atoms with Crippen molar-refractivity contribution in [3.05, 3.63) is 76.6 Å². The zero-order valence-electron chi connectivity index (χ0n) is 17.9. The summed E-state index contributed by atoms with van der Waals surface area (Å²) in [7, 11) is 3.73. The van der Waals surface area contributed by atoms with Gasteiger partial charge in [-0.25, -0.2) is 9.37 Å². The molecule has 33 heavy (non-hydrogen) atoms. The van der Waals surface area contributed by atoms with E-state index in [1.807, 2.05) is 19.0 Å². The van der Waals surface area contributed by atoms with Crippen molar-refractivity contribution < 1.29 is 18.8 Å². The minimum Gasteiger partial charge on any atom is -0.349 e. The third kappa shape index (κ3) is 6.15. The predicted octanol–water partition coefficient (Wildman–Crippen LogP) is 3.00. The number of hydrogen-bond donors (Lipinski definition) is 4. The Labute approximate surface area is 194 Å². The summed E-state index contributed by atoms with van der Waals surface area (Å²) in [6.07, 6.45) is 1.23. The van der Waals surface area contributed by atoms with Crippen LogP contribution in [0, 0.1) is 5.82 Å². The smallest absolute Gasteiger partial charge is 0.274 e. The number of amides is 3. The summed E-state index contributed by atoms with van der Waals surface area (Å²) in [6, 6.07) is 10.2. The fourth-order valence-electron chi connectivity index (χ4n) is 2.84. The minimum atomic E-state index is -0.764. The van der Waals surface area contributed by atoms with Crippen molar-refractivity contribution >= 4 is 40.7 Å². The Balaban J connectivity index is 1.66. The molecule has 9 nitrogen and oxygen atoms in total. The first kappa shape index (κ1) is 23.9. The molecule has 11 heteroatoms. The summed E-state index contributed by atoms with van der Waals surface area (Å²) in [5.41, 5.74) is 0.109. The van der Waals surface area contributed by atoms with E-state index in [4.69, 9.17) is 11.6 Å². The number of hydrogen-bond acceptors (Lipinski definition) is 5. The lowest BCUT2D eigenvalue weighted by Gasteiger charge is -2.11. The second kappa shape index (κ2) is 10.7. The standard InChI is InChI=1S/C22H22ClFN6O3/c1-30(2)10-9-25-21(32)18-19(27-12-26-18)22(33)28-13-7-8-17(16(24)11-13)29-20(31)14-5-3-4-6-15(14)23/h3-8,11-12H,9-10H2,1-2H3,(H,25,32)(H,26,27)(H,28,33)(H,29,31). The molecular formula is C22H22ClFN6O3. The van der Waals surface area contributed by atoms with Gasteiger partial charge in [0.05, 0.1) is 22.6 Å². The monoisotopic (exact) mass is 472 g/mol. The first-order valence-electron chi connectivity index (χ1n) is 9.89. The topological polar surface area (TPSA) is 119 Å². The van der Waals surface area contributed by atoms with Crippen LogP contribution in [0.4, 0.5) is 15.8 Å². The normalized spacial score (nSPS) is 10.7. The Morgan fingerprint density at radius 3 is 2.52 bits per heavy atom. The molecule has 0 radical (unpaired) electrons. The number of anilines is 2. The van der Waals surface area contributed by atoms with E-state index < -0.39 is 23.5 Å². The SMILES string of the molecule is CN(C)CCNC(=O)c1nc[nH]c1C(=O)Nc1ccc(NC(=O)c2ccccc2Cl)c(F)c1. The van der Waals surface area contributed by atoms with Crippen LogP contribution in [0.3, 0.4) is 0 Å². The van der Waals surface area contributed by atoms with Gasteiger partial charge < -0.3 is 25.8 Å². The van der Waals surface area contributed by atoms with Crippen molar-refractivity contribution in [2.45, 2.75) is 0 Å². The van der Waals surface area contributed by atoms with Gasteiger partial charge in [0.1, 0.15) is 11.5 Å². The van der Waals surface area contributed by atoms with Gasteiger partial charge >= 0.3 is 0 Å². The highest BCUT2D eigenvalue weighted by molar-refractivity contribution is 6.34. The molecule has 2 aromatic carbocycles. The lowest BCUT2D eigenvalue weighted by atomic mass is 10.2. The van der Waals surface area contributed by atoms with E-state index in [1.54, 1.807) is 18.2 Å². The molecule has 0 fully saturated rings. The van der Waals surface area contributed by atoms with Gasteiger partial charge in [-0.1, -0.05) is 23.7 Å². The van der Waals surface area contributed by atoms with Crippen LogP contribution in [-0.2, 0) is 0 Å². The molecule has 0 saturated carbocycles. The van der Waals surface area contributed by atoms with E-state index in [0.29, 0.717) is 13.1 Å². The van der Waals surface area contributed by atoms with E-state index in [9.17, 15) is 18.8 Å². The van der Waals surface area contributed by atoms with Crippen LogP contribution in [0.25, 0.3) is 0 Å². The molecule has 3 amide bonds. The number of aromatic amines is 1. The fourth-order valence-corrected chi connectivity index (χ4v) is 3.06. The summed E-state index contributed by atoms with van der Waals surface area (Å²) >= 11 is 5.99. The number of nitrogens with zero attached hydrogens (tertiary/aromatic N) is 2. The summed E-state index contributed by atoms with van der Waals surface area (Å²) in [6.45, 7) is 1.00. The van der Waals surface area contributed by atoms with Gasteiger partial charge in [-0.3, -0.25) is 14.4 Å². The molecule has 172 valence electrons. The van der Waals surface area contributed by atoms with Crippen molar-refractivity contribution in [2.75, 3.05) is 37.8 Å². The fraction of sp³-hybridized carbons (Fsp3) is 0.182. The van der Waals surface area contributed by atoms with Crippen LogP contribution < -0.4 is 16.0 Å². The number of aromatic nitrogens is 2. The zero-order valence-corrected chi connectivity index (χ0v) is 18.7. The van der Waals surface area contributed by atoms with Crippen molar-refractivity contribution in [2.24, 2.45) is 0 Å². The number of nitrogens with one attached hydrogen (secondary N) is 4. The van der Waals surface area contributed by atoms with Crippen LogP contribution in [0.1, 0.15) is 31.3 Å². The molecule has 0 bridgehead atoms. The number of imidazole rings is 1. The van der Waals surface area contributed by atoms with Gasteiger partial charge in [0.25, 0.3) is 17.7 Å². The molecule has 0 aliphatic rings. The second-order valence-electron chi connectivity index (χ2n) is 7.27. The highest BCUT2D eigenvalue weighted by Gasteiger charge is 2.21. The quantitative estimate of drug-likeness (QED) is 0.402. The molecule has 0 aliphatic carbocycles. The molecule has 3 rings (SSSR count). The van der Waals surface area contributed by atoms with E-state index >= 15 is 0 Å². The number of likely N-dealkylation sites (N-methyl/N-ethyl adjacent to an activating group) is 1. The predicted molar refractivity (Wildman–Crippen MR) is 123 cm³/mol. The molecule has 1 heterocycles. The lowest BCUT2D eigenvalue weighted by molar-refractivity contribution is 0.0933. The zero-order chi connectivity index (χ0) is 24.0. The van der Waals surface area contributed by atoms with Crippen LogP contribution >= 0.6 is 11.6 Å². The molecule has 0 aliphatic heterocycles. The lowest BCUT2D eigenvalue weighted by Crippen LogP contribution is -2.32. The summed E-state index contributed by atoms with van der Waals surface area (Å²) < 4.78 is 14.5. The first-order valence-corrected chi connectivity index (χ1v) is 10.3. The van der Waals surface area contributed by atoms with E-state index in [2.05, 4.69) is 25.9 Å². The van der Waals surface area contributed by atoms with E-state index in [1.165, 1.54) is 24.5 Å². The highest BCUT2D eigenvalue weighted by atomic mass is 35.5. The third-order valence-electron chi connectivity index (χ3n) is 4.52. The number of carbonyl (C=O) groups is 3. The van der Waals surface area contributed by atoms with E-state index in [0.717, 1.165) is 6.07 Å². The Morgan fingerprint density at radius 1 is 1.06 bits per heavy atom. The highest BCUT2D eigenvalue weighted by Crippen LogP contribution is 2.22. The Kier molecular flexibility index (Phi) is 7.75. The molecular weight excluding hydrogens is 451 g/mol. The summed E-state index contributed by atoms with van der Waals surface area (Å²) in [4.78, 5) is 45.7. The third-order valence-corrected chi connectivity index (χ3v) is 4.85. The van der Waals surface area contributed by atoms with Crippen LogP contribution in [0.15, 0.2) is 48.8 Å². The second-order valence-corrected chi connectivity index (χ2v) is 7.68. The minimum absolute atomic E-state index is 0.0612. The van der Waals surface area contributed by atoms with Crippen molar-refractivity contribution in [1.82, 2.24) is 20.2 Å². The maximum absolute atomic E-state index is 14.5. The summed E-state index contributed by atoms with van der Waals surface area (Å²) in [5, 5.41) is 7.86. The summed E-state index contributed by atoms with van der Waals surface area (Å²) in [5.74, 6) is -2.51. The first-order chi connectivity index (χ1) is 15.8. The van der Waals surface area contributed by atoms with Gasteiger partial charge in [0, 0.05) is 18.8 Å². The maximum Gasteiger partial charge on any atom is 0.274 e. The van der Waals surface area contributed by atoms with E-state index in [-0.39, 0.29) is 33.3 Å². The Morgan fingerprint density at radius 2 is 1.82 bits per heavy atom. The van der Waals surface area contributed by atoms with Crippen LogP contribution in [-0.4, -0.2) is 59.8 Å². The maximum atomic E-state index is 14.5. The van der Waals surface area contributed by atoms with Crippen molar-refractivity contribution in [3.63, 3.8) is 0 Å². The van der Waals surface area contributed by atoms with Crippen molar-refractivity contribution in [3.8, 4) is 0 Å². The molecule has 3 aromatic rings. The van der Waals surface area contributed by atoms with Gasteiger partial charge in [0.15, 0.2) is 5.69 Å². The van der Waals surface area contributed by atoms with Gasteiger partial charge in [0.2, 0.25) is 0 Å². The van der Waals surface area contributed by atoms with Crippen molar-refractivity contribution in [1.29, 1.82) is 0 Å². The molecule has 0 spiro atoms. The number of carbonyl (C=O) groups excluding carboxylic acids is 3. The number of H-pyrrole nitrogens is 1. The Hall–Kier alpha value is -3.76. The number of rotatable bonds is 8. The van der Waals surface area contributed by atoms with Gasteiger partial charge in [-0.15, -0.1) is 0 Å². The Bertz CT molecular complexity index is 1180. The molecule has 0 saturated heterocycles. The molecule has 0 unspecified atom stereocenters. The van der Waals surface area contributed by atoms with Crippen LogP contribution in [0.5, 0.6) is 0 Å². The number of benzene rings is 2. The molecule has 4 N–H and O–H groups in total. The molecule has 1 aromatic heterocycles. The number of halogens is 2. The van der Waals surface area contributed by atoms with Crippen LogP contribution in [0.2, 0.25) is 5.02 Å². The average molecular weight is 473 g/mol. The largest absolute Gasteiger partial charge is 0.349 e. The average Bonchev–Trinajstić information content (AvgIpc) is 3.26. The van der Waals surface area contributed by atoms with Gasteiger partial charge in [-0.05, 0) is 44.4 Å². The van der Waals surface area contributed by atoms with Gasteiger partial charge in [-0.2, -0.15) is 0 Å². The molecule has 0 atom stereocenters.